The van der Waals surface area contributed by atoms with Crippen LogP contribution in [-0.4, -0.2) is 43.1 Å². The number of nitrogens with zero attached hydrogens (tertiary/aromatic N) is 3. The van der Waals surface area contributed by atoms with Crippen LogP contribution in [0.15, 0.2) is 41.5 Å². The second kappa shape index (κ2) is 7.08. The minimum absolute atomic E-state index is 0.161. The number of benzene rings is 1. The largest absolute Gasteiger partial charge is 0.491 e. The average molecular weight is 351 g/mol. The summed E-state index contributed by atoms with van der Waals surface area (Å²) in [7, 11) is 1.79. The predicted molar refractivity (Wildman–Crippen MR) is 104 cm³/mol. The maximum atomic E-state index is 5.82. The van der Waals surface area contributed by atoms with E-state index in [1.54, 1.807) is 7.11 Å². The number of hydrogen-bond donors (Lipinski definition) is 0. The maximum Gasteiger partial charge on any atom is 0.129 e. The highest BCUT2D eigenvalue weighted by molar-refractivity contribution is 6.22. The van der Waals surface area contributed by atoms with Crippen molar-refractivity contribution >= 4 is 17.2 Å². The second-order valence-electron chi connectivity index (χ2n) is 7.15. The molecule has 136 valence electrons. The van der Waals surface area contributed by atoms with Crippen LogP contribution in [0.25, 0.3) is 0 Å². The summed E-state index contributed by atoms with van der Waals surface area (Å²) in [6.45, 7) is 5.99. The lowest BCUT2D eigenvalue weighted by Gasteiger charge is -2.33. The number of ether oxygens (including phenoxy) is 2. The van der Waals surface area contributed by atoms with Gasteiger partial charge in [0.1, 0.15) is 11.6 Å². The van der Waals surface area contributed by atoms with Crippen molar-refractivity contribution in [2.75, 3.05) is 25.1 Å². The fourth-order valence-corrected chi connectivity index (χ4v) is 3.57. The first-order chi connectivity index (χ1) is 12.6. The van der Waals surface area contributed by atoms with Crippen molar-refractivity contribution in [1.29, 1.82) is 0 Å². The van der Waals surface area contributed by atoms with E-state index < -0.39 is 0 Å². The number of methoxy groups -OCH3 is 1. The summed E-state index contributed by atoms with van der Waals surface area (Å²) in [6.07, 6.45) is 4.56. The van der Waals surface area contributed by atoms with E-state index in [-0.39, 0.29) is 12.2 Å². The van der Waals surface area contributed by atoms with Crippen molar-refractivity contribution in [3.05, 3.63) is 47.7 Å². The lowest BCUT2D eigenvalue weighted by molar-refractivity contribution is 0.0891. The van der Waals surface area contributed by atoms with Gasteiger partial charge in [-0.2, -0.15) is 0 Å². The molecule has 0 bridgehead atoms. The number of fused-ring (bicyclic) bond motifs is 1. The molecular formula is C21H25N3O2. The number of pyridine rings is 1. The molecule has 0 N–H and O–H groups in total. The van der Waals surface area contributed by atoms with Gasteiger partial charge in [-0.15, -0.1) is 0 Å². The first kappa shape index (κ1) is 17.0. The molecule has 2 aliphatic heterocycles. The topological polar surface area (TPSA) is 47.0 Å². The molecule has 0 saturated carbocycles. The Labute approximate surface area is 154 Å². The predicted octanol–water partition coefficient (Wildman–Crippen LogP) is 3.97. The molecule has 1 aromatic heterocycles. The molecule has 4 rings (SSSR count). The molecule has 0 amide bonds. The van der Waals surface area contributed by atoms with Crippen molar-refractivity contribution in [2.45, 2.75) is 38.9 Å². The number of piperidine rings is 1. The number of rotatable bonds is 5. The third-order valence-electron chi connectivity index (χ3n) is 4.88. The Balaban J connectivity index is 1.56. The van der Waals surface area contributed by atoms with Crippen LogP contribution in [0.2, 0.25) is 0 Å². The van der Waals surface area contributed by atoms with Crippen LogP contribution in [-0.2, 0) is 4.74 Å². The summed E-state index contributed by atoms with van der Waals surface area (Å²) in [6, 6.07) is 10.2. The van der Waals surface area contributed by atoms with E-state index in [0.717, 1.165) is 60.0 Å². The van der Waals surface area contributed by atoms with Crippen LogP contribution in [0.3, 0.4) is 0 Å². The first-order valence-corrected chi connectivity index (χ1v) is 9.28. The van der Waals surface area contributed by atoms with Gasteiger partial charge in [0.15, 0.2) is 0 Å². The SMILES string of the molecule is COC1CCCN(c2cc(C3=Nc4ccc(OC(C)C)cc43)ccn2)C1. The van der Waals surface area contributed by atoms with Crippen molar-refractivity contribution < 1.29 is 9.47 Å². The summed E-state index contributed by atoms with van der Waals surface area (Å²) in [5, 5.41) is 0. The summed E-state index contributed by atoms with van der Waals surface area (Å²) in [4.78, 5) is 11.6. The summed E-state index contributed by atoms with van der Waals surface area (Å²) in [5.74, 6) is 1.88. The van der Waals surface area contributed by atoms with E-state index in [9.17, 15) is 0 Å². The Morgan fingerprint density at radius 1 is 1.19 bits per heavy atom. The highest BCUT2D eigenvalue weighted by Gasteiger charge is 2.24. The number of aromatic nitrogens is 1. The summed E-state index contributed by atoms with van der Waals surface area (Å²) < 4.78 is 11.4. The lowest BCUT2D eigenvalue weighted by Crippen LogP contribution is -2.39. The van der Waals surface area contributed by atoms with E-state index in [2.05, 4.69) is 27.0 Å². The van der Waals surface area contributed by atoms with E-state index >= 15 is 0 Å². The van der Waals surface area contributed by atoms with E-state index in [4.69, 9.17) is 9.47 Å². The van der Waals surface area contributed by atoms with Gasteiger partial charge in [0, 0.05) is 37.5 Å². The van der Waals surface area contributed by atoms with Crippen molar-refractivity contribution in [3.8, 4) is 5.75 Å². The van der Waals surface area contributed by atoms with Gasteiger partial charge in [-0.1, -0.05) is 0 Å². The molecule has 26 heavy (non-hydrogen) atoms. The quantitative estimate of drug-likeness (QED) is 0.698. The summed E-state index contributed by atoms with van der Waals surface area (Å²) in [5.41, 5.74) is 4.28. The van der Waals surface area contributed by atoms with Gasteiger partial charge < -0.3 is 14.4 Å². The van der Waals surface area contributed by atoms with Gasteiger partial charge in [-0.25, -0.2) is 9.98 Å². The highest BCUT2D eigenvalue weighted by atomic mass is 16.5. The Morgan fingerprint density at radius 3 is 2.88 bits per heavy atom. The van der Waals surface area contributed by atoms with E-state index in [1.807, 2.05) is 38.2 Å². The molecule has 0 radical (unpaired) electrons. The molecule has 0 aliphatic carbocycles. The van der Waals surface area contributed by atoms with Crippen LogP contribution in [0, 0.1) is 0 Å². The number of aliphatic imine (C=N–C) groups is 1. The Bertz CT molecular complexity index is 832. The van der Waals surface area contributed by atoms with Gasteiger partial charge in [-0.05, 0) is 57.0 Å². The van der Waals surface area contributed by atoms with Crippen molar-refractivity contribution in [3.63, 3.8) is 0 Å². The van der Waals surface area contributed by atoms with Gasteiger partial charge in [0.05, 0.1) is 23.6 Å². The first-order valence-electron chi connectivity index (χ1n) is 9.28. The fourth-order valence-electron chi connectivity index (χ4n) is 3.57. The van der Waals surface area contributed by atoms with Gasteiger partial charge in [0.25, 0.3) is 0 Å². The molecule has 1 unspecified atom stereocenters. The Hall–Kier alpha value is -2.40. The third-order valence-corrected chi connectivity index (χ3v) is 4.88. The second-order valence-corrected chi connectivity index (χ2v) is 7.15. The monoisotopic (exact) mass is 351 g/mol. The molecule has 5 heteroatoms. The number of hydrogen-bond acceptors (Lipinski definition) is 5. The smallest absolute Gasteiger partial charge is 0.129 e. The number of anilines is 1. The minimum atomic E-state index is 0.161. The molecule has 2 aromatic rings. The molecule has 1 saturated heterocycles. The van der Waals surface area contributed by atoms with Crippen LogP contribution < -0.4 is 9.64 Å². The van der Waals surface area contributed by atoms with Crippen LogP contribution >= 0.6 is 0 Å². The van der Waals surface area contributed by atoms with Gasteiger partial charge >= 0.3 is 0 Å². The molecule has 0 spiro atoms. The van der Waals surface area contributed by atoms with Crippen LogP contribution in [0.1, 0.15) is 37.8 Å². The Morgan fingerprint density at radius 2 is 2.08 bits per heavy atom. The maximum absolute atomic E-state index is 5.82. The standard InChI is InChI=1S/C21H25N3O2/c1-14(2)26-16-6-7-19-18(12-16)21(23-19)15-8-9-22-20(11-15)24-10-4-5-17(13-24)25-3/h6-9,11-12,14,17H,4-5,10,13H2,1-3H3. The normalized spacial score (nSPS) is 19.0. The Kier molecular flexibility index (Phi) is 4.64. The molecule has 1 aromatic carbocycles. The lowest BCUT2D eigenvalue weighted by atomic mass is 9.95. The molecule has 2 aliphatic rings. The zero-order chi connectivity index (χ0) is 18.1. The van der Waals surface area contributed by atoms with E-state index in [1.165, 1.54) is 0 Å². The molecule has 1 fully saturated rings. The van der Waals surface area contributed by atoms with Gasteiger partial charge in [-0.3, -0.25) is 0 Å². The fraction of sp³-hybridized carbons (Fsp3) is 0.429. The molecule has 5 nitrogen and oxygen atoms in total. The average Bonchev–Trinajstić information content (AvgIpc) is 2.64. The highest BCUT2D eigenvalue weighted by Crippen LogP contribution is 2.36. The van der Waals surface area contributed by atoms with Crippen LogP contribution in [0.5, 0.6) is 5.75 Å². The molecule has 3 heterocycles. The van der Waals surface area contributed by atoms with Crippen molar-refractivity contribution in [2.24, 2.45) is 4.99 Å². The molecule has 1 atom stereocenters. The summed E-state index contributed by atoms with van der Waals surface area (Å²) >= 11 is 0. The third kappa shape index (κ3) is 3.31. The zero-order valence-electron chi connectivity index (χ0n) is 15.6. The minimum Gasteiger partial charge on any atom is -0.491 e. The van der Waals surface area contributed by atoms with Crippen molar-refractivity contribution in [1.82, 2.24) is 4.98 Å². The van der Waals surface area contributed by atoms with Gasteiger partial charge in [0.2, 0.25) is 0 Å². The van der Waals surface area contributed by atoms with E-state index in [0.29, 0.717) is 0 Å². The zero-order valence-corrected chi connectivity index (χ0v) is 15.6. The van der Waals surface area contributed by atoms with Crippen LogP contribution in [0.4, 0.5) is 11.5 Å². The molecular weight excluding hydrogens is 326 g/mol.